The van der Waals surface area contributed by atoms with E-state index < -0.39 is 22.7 Å². The summed E-state index contributed by atoms with van der Waals surface area (Å²) >= 11 is 0. The van der Waals surface area contributed by atoms with E-state index in [1.807, 2.05) is 25.1 Å². The van der Waals surface area contributed by atoms with Crippen LogP contribution in [0.25, 0.3) is 0 Å². The highest BCUT2D eigenvalue weighted by molar-refractivity contribution is 6.02. The summed E-state index contributed by atoms with van der Waals surface area (Å²) in [6, 6.07) is 17.5. The molecule has 0 aliphatic rings. The predicted molar refractivity (Wildman–Crippen MR) is 119 cm³/mol. The summed E-state index contributed by atoms with van der Waals surface area (Å²) < 4.78 is 13.3. The summed E-state index contributed by atoms with van der Waals surface area (Å²) in [4.78, 5) is 36.8. The van der Waals surface area contributed by atoms with Gasteiger partial charge in [0.25, 0.3) is 11.6 Å². The minimum atomic E-state index is -0.547. The molecule has 0 radical (unpaired) electrons. The van der Waals surface area contributed by atoms with Crippen molar-refractivity contribution in [3.8, 4) is 0 Å². The minimum Gasteiger partial charge on any atom is -0.350 e. The molecular formula is C23H21FN4O4. The maximum Gasteiger partial charge on any atom is 0.326 e. The molecule has 0 atom stereocenters. The normalized spacial score (nSPS) is 10.3. The van der Waals surface area contributed by atoms with Crippen LogP contribution < -0.4 is 15.5 Å². The van der Waals surface area contributed by atoms with Gasteiger partial charge in [0.05, 0.1) is 4.92 Å². The largest absolute Gasteiger partial charge is 0.350 e. The van der Waals surface area contributed by atoms with Crippen LogP contribution in [0.4, 0.5) is 26.2 Å². The Balaban J connectivity index is 1.68. The van der Waals surface area contributed by atoms with Gasteiger partial charge in [-0.25, -0.2) is 9.18 Å². The van der Waals surface area contributed by atoms with E-state index in [-0.39, 0.29) is 24.3 Å². The van der Waals surface area contributed by atoms with Gasteiger partial charge in [-0.15, -0.1) is 0 Å². The van der Waals surface area contributed by atoms with Crippen LogP contribution in [0.2, 0.25) is 0 Å². The van der Waals surface area contributed by atoms with E-state index in [0.717, 1.165) is 5.56 Å². The van der Waals surface area contributed by atoms with Crippen molar-refractivity contribution in [2.45, 2.75) is 6.92 Å². The highest BCUT2D eigenvalue weighted by Gasteiger charge is 2.17. The number of hydrogen-bond donors (Lipinski definition) is 2. The van der Waals surface area contributed by atoms with Crippen molar-refractivity contribution in [2.24, 2.45) is 0 Å². The van der Waals surface area contributed by atoms with Gasteiger partial charge < -0.3 is 10.6 Å². The van der Waals surface area contributed by atoms with E-state index in [0.29, 0.717) is 11.4 Å². The van der Waals surface area contributed by atoms with E-state index in [1.54, 1.807) is 6.07 Å². The zero-order valence-corrected chi connectivity index (χ0v) is 17.2. The van der Waals surface area contributed by atoms with Crippen LogP contribution in [0, 0.1) is 22.9 Å². The quantitative estimate of drug-likeness (QED) is 0.420. The third-order valence-electron chi connectivity index (χ3n) is 4.61. The van der Waals surface area contributed by atoms with Gasteiger partial charge in [-0.2, -0.15) is 0 Å². The van der Waals surface area contributed by atoms with Crippen molar-refractivity contribution in [2.75, 3.05) is 23.3 Å². The number of aryl methyl sites for hydroxylation is 1. The number of nitro benzene ring substituents is 1. The van der Waals surface area contributed by atoms with Gasteiger partial charge in [-0.1, -0.05) is 12.1 Å². The van der Waals surface area contributed by atoms with E-state index in [4.69, 9.17) is 0 Å². The van der Waals surface area contributed by atoms with Crippen molar-refractivity contribution in [3.63, 3.8) is 0 Å². The SMILES string of the molecule is Cc1cccc(NC(=O)N(CCNC(=O)c2ccc([N+](=O)[O-])cc2)c2ccc(F)cc2)c1. The van der Waals surface area contributed by atoms with Gasteiger partial charge in [0.15, 0.2) is 0 Å². The lowest BCUT2D eigenvalue weighted by Gasteiger charge is -2.23. The lowest BCUT2D eigenvalue weighted by atomic mass is 10.2. The zero-order valence-electron chi connectivity index (χ0n) is 17.2. The Hall–Kier alpha value is -4.27. The molecule has 8 nitrogen and oxygen atoms in total. The number of non-ortho nitro benzene ring substituents is 1. The topological polar surface area (TPSA) is 105 Å². The van der Waals surface area contributed by atoms with Crippen LogP contribution in [0.5, 0.6) is 0 Å². The lowest BCUT2D eigenvalue weighted by Crippen LogP contribution is -2.41. The van der Waals surface area contributed by atoms with E-state index in [9.17, 15) is 24.1 Å². The maximum absolute atomic E-state index is 13.3. The van der Waals surface area contributed by atoms with Crippen molar-refractivity contribution in [1.82, 2.24) is 5.32 Å². The van der Waals surface area contributed by atoms with Gasteiger partial charge in [0.1, 0.15) is 5.82 Å². The van der Waals surface area contributed by atoms with Crippen LogP contribution in [-0.4, -0.2) is 30.0 Å². The monoisotopic (exact) mass is 436 g/mol. The molecule has 0 aliphatic heterocycles. The number of carbonyl (C=O) groups is 2. The van der Waals surface area contributed by atoms with Crippen LogP contribution >= 0.6 is 0 Å². The smallest absolute Gasteiger partial charge is 0.326 e. The van der Waals surface area contributed by atoms with Crippen LogP contribution in [0.3, 0.4) is 0 Å². The Morgan fingerprint density at radius 2 is 1.72 bits per heavy atom. The molecular weight excluding hydrogens is 415 g/mol. The third kappa shape index (κ3) is 5.88. The Labute approximate surface area is 183 Å². The van der Waals surface area contributed by atoms with E-state index in [2.05, 4.69) is 10.6 Å². The molecule has 0 unspecified atom stereocenters. The minimum absolute atomic E-state index is 0.106. The fraction of sp³-hybridized carbons (Fsp3) is 0.130. The number of amides is 3. The first-order valence-corrected chi connectivity index (χ1v) is 9.77. The average molecular weight is 436 g/mol. The highest BCUT2D eigenvalue weighted by Crippen LogP contribution is 2.18. The van der Waals surface area contributed by atoms with Gasteiger partial charge >= 0.3 is 6.03 Å². The van der Waals surface area contributed by atoms with Crippen LogP contribution in [0.15, 0.2) is 72.8 Å². The average Bonchev–Trinajstić information content (AvgIpc) is 2.77. The van der Waals surface area contributed by atoms with E-state index >= 15 is 0 Å². The second kappa shape index (κ2) is 10.2. The Morgan fingerprint density at radius 1 is 1.03 bits per heavy atom. The summed E-state index contributed by atoms with van der Waals surface area (Å²) in [7, 11) is 0. The fourth-order valence-corrected chi connectivity index (χ4v) is 3.00. The zero-order chi connectivity index (χ0) is 23.1. The number of halogens is 1. The number of rotatable bonds is 7. The number of benzene rings is 3. The van der Waals surface area contributed by atoms with Crippen LogP contribution in [-0.2, 0) is 0 Å². The number of hydrogen-bond acceptors (Lipinski definition) is 4. The van der Waals surface area contributed by atoms with Crippen molar-refractivity contribution in [3.05, 3.63) is 99.9 Å². The number of anilines is 2. The molecule has 32 heavy (non-hydrogen) atoms. The van der Waals surface area contributed by atoms with Gasteiger partial charge in [0.2, 0.25) is 0 Å². The summed E-state index contributed by atoms with van der Waals surface area (Å²) in [5.41, 5.74) is 2.19. The van der Waals surface area contributed by atoms with Crippen molar-refractivity contribution < 1.29 is 18.9 Å². The van der Waals surface area contributed by atoms with E-state index in [1.165, 1.54) is 53.4 Å². The summed E-state index contributed by atoms with van der Waals surface area (Å²) in [6.45, 7) is 2.12. The molecule has 164 valence electrons. The van der Waals surface area contributed by atoms with Crippen molar-refractivity contribution in [1.29, 1.82) is 0 Å². The molecule has 0 heterocycles. The number of nitro groups is 1. The molecule has 9 heteroatoms. The lowest BCUT2D eigenvalue weighted by molar-refractivity contribution is -0.384. The van der Waals surface area contributed by atoms with Crippen LogP contribution in [0.1, 0.15) is 15.9 Å². The molecule has 0 saturated carbocycles. The number of nitrogens with one attached hydrogen (secondary N) is 2. The Morgan fingerprint density at radius 3 is 2.34 bits per heavy atom. The fourth-order valence-electron chi connectivity index (χ4n) is 3.00. The first kappa shape index (κ1) is 22.4. The standard InChI is InChI=1S/C23H21FN4O4/c1-16-3-2-4-19(15-16)26-23(30)27(20-11-7-18(24)8-12-20)14-13-25-22(29)17-5-9-21(10-6-17)28(31)32/h2-12,15H,13-14H2,1H3,(H,25,29)(H,26,30). The first-order valence-electron chi connectivity index (χ1n) is 9.77. The number of carbonyl (C=O) groups excluding carboxylic acids is 2. The second-order valence-electron chi connectivity index (χ2n) is 6.99. The second-order valence-corrected chi connectivity index (χ2v) is 6.99. The molecule has 3 amide bonds. The summed E-state index contributed by atoms with van der Waals surface area (Å²) in [6.07, 6.45) is 0. The first-order chi connectivity index (χ1) is 15.3. The molecule has 0 bridgehead atoms. The van der Waals surface area contributed by atoms with Gasteiger partial charge in [-0.3, -0.25) is 19.8 Å². The molecule has 2 N–H and O–H groups in total. The van der Waals surface area contributed by atoms with Gasteiger partial charge in [0, 0.05) is 42.2 Å². The molecule has 0 aromatic heterocycles. The molecule has 0 aliphatic carbocycles. The molecule has 0 spiro atoms. The maximum atomic E-state index is 13.3. The summed E-state index contributed by atoms with van der Waals surface area (Å²) in [5, 5.41) is 16.2. The number of nitrogens with zero attached hydrogens (tertiary/aromatic N) is 2. The number of urea groups is 1. The predicted octanol–water partition coefficient (Wildman–Crippen LogP) is 4.51. The molecule has 3 aromatic rings. The highest BCUT2D eigenvalue weighted by atomic mass is 19.1. The third-order valence-corrected chi connectivity index (χ3v) is 4.61. The molecule has 3 aromatic carbocycles. The Bertz CT molecular complexity index is 1120. The molecule has 0 fully saturated rings. The van der Waals surface area contributed by atoms with Gasteiger partial charge in [-0.05, 0) is 61.0 Å². The molecule has 3 rings (SSSR count). The summed E-state index contributed by atoms with van der Waals surface area (Å²) in [5.74, 6) is -0.864. The Kier molecular flexibility index (Phi) is 7.12. The van der Waals surface area contributed by atoms with Crippen molar-refractivity contribution >= 4 is 29.0 Å². The molecule has 0 saturated heterocycles.